The number of hydrogen-bond acceptors (Lipinski definition) is 1. The molecule has 0 aliphatic heterocycles. The Kier molecular flexibility index (Phi) is 3.90. The van der Waals surface area contributed by atoms with Crippen molar-refractivity contribution in [3.63, 3.8) is 0 Å². The molecule has 3 rings (SSSR count). The number of halogens is 2. The van der Waals surface area contributed by atoms with Gasteiger partial charge in [0.2, 0.25) is 0 Å². The quantitative estimate of drug-likeness (QED) is 0.890. The fourth-order valence-corrected chi connectivity index (χ4v) is 3.62. The van der Waals surface area contributed by atoms with Crippen LogP contribution in [0.3, 0.4) is 0 Å². The van der Waals surface area contributed by atoms with E-state index < -0.39 is 6.10 Å². The lowest BCUT2D eigenvalue weighted by molar-refractivity contribution is 0.143. The van der Waals surface area contributed by atoms with E-state index in [1.54, 1.807) is 0 Å². The molecule has 2 aromatic rings. The molecule has 2 unspecified atom stereocenters. The zero-order chi connectivity index (χ0) is 14.1. The van der Waals surface area contributed by atoms with E-state index in [2.05, 4.69) is 28.1 Å². The van der Waals surface area contributed by atoms with Crippen LogP contribution in [0.1, 0.15) is 29.0 Å². The first-order valence-corrected chi connectivity index (χ1v) is 7.63. The highest BCUT2D eigenvalue weighted by Gasteiger charge is 2.28. The molecule has 0 aromatic heterocycles. The maximum absolute atomic E-state index is 13.4. The van der Waals surface area contributed by atoms with E-state index >= 15 is 0 Å². The molecule has 2 atom stereocenters. The van der Waals surface area contributed by atoms with Gasteiger partial charge in [0.15, 0.2) is 0 Å². The number of aryl methyl sites for hydroxylation is 1. The minimum Gasteiger partial charge on any atom is -0.392 e. The first kappa shape index (κ1) is 13.8. The largest absolute Gasteiger partial charge is 0.392 e. The molecule has 1 aliphatic rings. The molecule has 104 valence electrons. The molecule has 0 radical (unpaired) electrons. The van der Waals surface area contributed by atoms with Crippen LogP contribution in [0, 0.1) is 5.82 Å². The van der Waals surface area contributed by atoms with Crippen molar-refractivity contribution in [3.05, 3.63) is 69.4 Å². The fourth-order valence-electron chi connectivity index (χ4n) is 3.10. The molecule has 1 N–H and O–H groups in total. The first-order valence-electron chi connectivity index (χ1n) is 6.84. The Morgan fingerprint density at radius 3 is 2.85 bits per heavy atom. The van der Waals surface area contributed by atoms with Crippen LogP contribution >= 0.6 is 15.9 Å². The minimum atomic E-state index is -0.465. The van der Waals surface area contributed by atoms with Crippen molar-refractivity contribution >= 4 is 15.9 Å². The van der Waals surface area contributed by atoms with E-state index in [1.165, 1.54) is 23.3 Å². The molecule has 0 heterocycles. The normalized spacial score (nSPS) is 18.9. The average Bonchev–Trinajstić information content (AvgIpc) is 2.81. The fraction of sp³-hybridized carbons (Fsp3) is 0.294. The molecule has 0 amide bonds. The van der Waals surface area contributed by atoms with E-state index in [4.69, 9.17) is 0 Å². The predicted molar refractivity (Wildman–Crippen MR) is 81.3 cm³/mol. The van der Waals surface area contributed by atoms with Gasteiger partial charge >= 0.3 is 0 Å². The predicted octanol–water partition coefficient (Wildman–Crippen LogP) is 4.22. The highest BCUT2D eigenvalue weighted by Crippen LogP contribution is 2.36. The zero-order valence-electron chi connectivity index (χ0n) is 11.0. The van der Waals surface area contributed by atoms with E-state index in [0.29, 0.717) is 10.9 Å². The van der Waals surface area contributed by atoms with Crippen LogP contribution in [0.25, 0.3) is 0 Å². The molecule has 1 nitrogen and oxygen atoms in total. The third-order valence-corrected chi connectivity index (χ3v) is 4.47. The first-order chi connectivity index (χ1) is 9.63. The lowest BCUT2D eigenvalue weighted by atomic mass is 9.91. The summed E-state index contributed by atoms with van der Waals surface area (Å²) in [5, 5.41) is 10.5. The molecule has 1 aliphatic carbocycles. The topological polar surface area (TPSA) is 20.2 Å². The Labute approximate surface area is 126 Å². The van der Waals surface area contributed by atoms with Gasteiger partial charge in [-0.05, 0) is 54.2 Å². The molecule has 0 fully saturated rings. The van der Waals surface area contributed by atoms with Gasteiger partial charge in [-0.25, -0.2) is 4.39 Å². The van der Waals surface area contributed by atoms with Crippen molar-refractivity contribution < 1.29 is 9.50 Å². The van der Waals surface area contributed by atoms with Crippen LogP contribution < -0.4 is 0 Å². The van der Waals surface area contributed by atoms with Gasteiger partial charge in [0.05, 0.1) is 6.10 Å². The summed E-state index contributed by atoms with van der Waals surface area (Å²) in [6.07, 6.45) is 2.00. The number of fused-ring (bicyclic) bond motifs is 1. The number of benzene rings is 2. The van der Waals surface area contributed by atoms with Gasteiger partial charge < -0.3 is 5.11 Å². The van der Waals surface area contributed by atoms with Crippen molar-refractivity contribution in [1.82, 2.24) is 0 Å². The van der Waals surface area contributed by atoms with Crippen LogP contribution in [0.4, 0.5) is 4.39 Å². The Morgan fingerprint density at radius 2 is 2.05 bits per heavy atom. The summed E-state index contributed by atoms with van der Waals surface area (Å²) in [7, 11) is 0. The molecule has 2 aromatic carbocycles. The lowest BCUT2D eigenvalue weighted by Crippen LogP contribution is -2.19. The van der Waals surface area contributed by atoms with Crippen LogP contribution in [0.2, 0.25) is 0 Å². The molecule has 0 saturated carbocycles. The van der Waals surface area contributed by atoms with Crippen molar-refractivity contribution in [2.24, 2.45) is 0 Å². The Bertz CT molecular complexity index is 606. The molecule has 0 bridgehead atoms. The van der Waals surface area contributed by atoms with Gasteiger partial charge in [-0.3, -0.25) is 0 Å². The van der Waals surface area contributed by atoms with E-state index in [0.717, 1.165) is 18.4 Å². The van der Waals surface area contributed by atoms with Crippen LogP contribution in [-0.2, 0) is 12.8 Å². The van der Waals surface area contributed by atoms with E-state index in [9.17, 15) is 9.50 Å². The number of rotatable bonds is 3. The van der Waals surface area contributed by atoms with E-state index in [-0.39, 0.29) is 11.7 Å². The summed E-state index contributed by atoms with van der Waals surface area (Å²) in [6, 6.07) is 13.1. The van der Waals surface area contributed by atoms with Gasteiger partial charge in [-0.1, -0.05) is 40.2 Å². The van der Waals surface area contributed by atoms with Crippen molar-refractivity contribution in [2.75, 3.05) is 0 Å². The highest BCUT2D eigenvalue weighted by atomic mass is 79.9. The van der Waals surface area contributed by atoms with E-state index in [1.807, 2.05) is 18.2 Å². The van der Waals surface area contributed by atoms with Gasteiger partial charge in [-0.15, -0.1) is 0 Å². The summed E-state index contributed by atoms with van der Waals surface area (Å²) in [5.74, 6) is -0.110. The zero-order valence-corrected chi connectivity index (χ0v) is 12.6. The lowest BCUT2D eigenvalue weighted by Gasteiger charge is -2.19. The maximum atomic E-state index is 13.4. The average molecular weight is 335 g/mol. The Balaban J connectivity index is 1.79. The summed E-state index contributed by atoms with van der Waals surface area (Å²) < 4.78 is 14.1. The van der Waals surface area contributed by atoms with Crippen molar-refractivity contribution in [2.45, 2.75) is 31.3 Å². The number of aliphatic hydroxyl groups is 1. The summed E-state index contributed by atoms with van der Waals surface area (Å²) >= 11 is 3.29. The number of hydrogen-bond donors (Lipinski definition) is 1. The second kappa shape index (κ2) is 5.66. The molecule has 0 saturated heterocycles. The molecular formula is C17H16BrFO. The summed E-state index contributed by atoms with van der Waals surface area (Å²) in [4.78, 5) is 0. The van der Waals surface area contributed by atoms with Crippen LogP contribution in [0.5, 0.6) is 0 Å². The van der Waals surface area contributed by atoms with Crippen LogP contribution in [0.15, 0.2) is 46.9 Å². The third-order valence-electron chi connectivity index (χ3n) is 4.01. The monoisotopic (exact) mass is 334 g/mol. The van der Waals surface area contributed by atoms with Gasteiger partial charge in [0, 0.05) is 10.4 Å². The molecule has 20 heavy (non-hydrogen) atoms. The highest BCUT2D eigenvalue weighted by molar-refractivity contribution is 9.10. The summed E-state index contributed by atoms with van der Waals surface area (Å²) in [6.45, 7) is 0. The van der Waals surface area contributed by atoms with Crippen molar-refractivity contribution in [3.8, 4) is 0 Å². The smallest absolute Gasteiger partial charge is 0.124 e. The standard InChI is InChI=1S/C17H16BrFO/c18-13-7-11(8-14(19)10-13)9-17(20)16-6-5-12-3-1-2-4-15(12)16/h1-4,7-8,10,16-17,20H,5-6,9H2. The SMILES string of the molecule is OC(Cc1cc(F)cc(Br)c1)C1CCc2ccccc21. The Hall–Kier alpha value is -1.19. The maximum Gasteiger partial charge on any atom is 0.124 e. The van der Waals surface area contributed by atoms with Gasteiger partial charge in [0.1, 0.15) is 5.82 Å². The summed E-state index contributed by atoms with van der Waals surface area (Å²) in [5.41, 5.74) is 3.40. The molecule has 0 spiro atoms. The second-order valence-electron chi connectivity index (χ2n) is 5.39. The molecule has 3 heteroatoms. The Morgan fingerprint density at radius 1 is 1.25 bits per heavy atom. The number of aliphatic hydroxyl groups excluding tert-OH is 1. The second-order valence-corrected chi connectivity index (χ2v) is 6.31. The third kappa shape index (κ3) is 2.79. The van der Waals surface area contributed by atoms with Crippen molar-refractivity contribution in [1.29, 1.82) is 0 Å². The van der Waals surface area contributed by atoms with Gasteiger partial charge in [0.25, 0.3) is 0 Å². The molecular weight excluding hydrogens is 319 g/mol. The van der Waals surface area contributed by atoms with Crippen LogP contribution in [-0.4, -0.2) is 11.2 Å². The minimum absolute atomic E-state index is 0.160. The van der Waals surface area contributed by atoms with Gasteiger partial charge in [-0.2, -0.15) is 0 Å².